The Labute approximate surface area is 285 Å². The van der Waals surface area contributed by atoms with Gasteiger partial charge in [-0.2, -0.15) is 0 Å². The summed E-state index contributed by atoms with van der Waals surface area (Å²) >= 11 is 0. The van der Waals surface area contributed by atoms with Crippen molar-refractivity contribution in [1.82, 2.24) is 0 Å². The predicted octanol–water partition coefficient (Wildman–Crippen LogP) is 3.19. The predicted molar refractivity (Wildman–Crippen MR) is 171 cm³/mol. The standard InChI is InChI=1S/C35H50O14/c1-7-19(2)17-20(3)13-14-25(37)47-28-27(38)33(48-29(30(39)40)34(45,31(41)42)35(28,49-33)32(43)44)16-15-21(4)26(46-23(6)36)22(5)18-24-11-9-8-10-12-24/h8-12,19-22,26-29,38,45H,7,13-18H2,1-6H3,(H,39,40)(H,41,42)(H,43,44)/t19-,20+,21?,22-,26-,27+,28+,29+,33-,34+,35-/m0/s1. The molecule has 2 aliphatic rings. The van der Waals surface area contributed by atoms with Crippen molar-refractivity contribution >= 4 is 29.8 Å². The first-order chi connectivity index (χ1) is 22.9. The molecule has 11 atom stereocenters. The van der Waals surface area contributed by atoms with Crippen molar-refractivity contribution in [2.75, 3.05) is 0 Å². The summed E-state index contributed by atoms with van der Waals surface area (Å²) in [6.07, 6.45) is -6.27. The Hall–Kier alpha value is -3.59. The average Bonchev–Trinajstić information content (AvgIpc) is 3.25. The van der Waals surface area contributed by atoms with E-state index in [0.29, 0.717) is 18.8 Å². The van der Waals surface area contributed by atoms with Crippen molar-refractivity contribution in [3.63, 3.8) is 0 Å². The highest BCUT2D eigenvalue weighted by Gasteiger charge is 2.85. The lowest BCUT2D eigenvalue weighted by atomic mass is 9.74. The van der Waals surface area contributed by atoms with Crippen LogP contribution in [0.2, 0.25) is 0 Å². The first-order valence-electron chi connectivity index (χ1n) is 16.7. The summed E-state index contributed by atoms with van der Waals surface area (Å²) < 4.78 is 22.4. The Bertz CT molecular complexity index is 1350. The normalized spacial score (nSPS) is 30.7. The quantitative estimate of drug-likeness (QED) is 0.139. The lowest BCUT2D eigenvalue weighted by molar-refractivity contribution is -0.374. The molecule has 1 aromatic rings. The van der Waals surface area contributed by atoms with Gasteiger partial charge in [0, 0.05) is 19.8 Å². The molecule has 49 heavy (non-hydrogen) atoms. The highest BCUT2D eigenvalue weighted by molar-refractivity contribution is 5.98. The molecule has 14 heteroatoms. The number of aliphatic hydroxyl groups excluding tert-OH is 1. The van der Waals surface area contributed by atoms with Crippen LogP contribution < -0.4 is 0 Å². The number of carboxylic acids is 3. The summed E-state index contributed by atoms with van der Waals surface area (Å²) in [5, 5.41) is 53.7. The molecule has 0 spiro atoms. The van der Waals surface area contributed by atoms with Gasteiger partial charge in [0.15, 0.2) is 6.10 Å². The maximum absolute atomic E-state index is 13.1. The molecule has 5 N–H and O–H groups in total. The number of aliphatic carboxylic acids is 3. The molecule has 0 aliphatic carbocycles. The van der Waals surface area contributed by atoms with Crippen LogP contribution in [0.3, 0.4) is 0 Å². The van der Waals surface area contributed by atoms with Crippen LogP contribution in [-0.2, 0) is 49.3 Å². The molecular weight excluding hydrogens is 644 g/mol. The van der Waals surface area contributed by atoms with Gasteiger partial charge >= 0.3 is 29.8 Å². The Morgan fingerprint density at radius 3 is 2.08 bits per heavy atom. The van der Waals surface area contributed by atoms with E-state index in [1.165, 1.54) is 6.92 Å². The molecule has 0 saturated carbocycles. The number of carboxylic acid groups (broad SMARTS) is 3. The van der Waals surface area contributed by atoms with Gasteiger partial charge in [-0.25, -0.2) is 14.4 Å². The molecule has 2 bridgehead atoms. The minimum Gasteiger partial charge on any atom is -0.479 e. The zero-order valence-corrected chi connectivity index (χ0v) is 28.9. The fourth-order valence-corrected chi connectivity index (χ4v) is 7.16. The summed E-state index contributed by atoms with van der Waals surface area (Å²) in [6.45, 7) is 10.9. The molecule has 2 fully saturated rings. The first kappa shape index (κ1) is 39.8. The number of ether oxygens (including phenoxy) is 4. The fourth-order valence-electron chi connectivity index (χ4n) is 7.16. The zero-order chi connectivity index (χ0) is 36.9. The molecule has 14 nitrogen and oxygen atoms in total. The van der Waals surface area contributed by atoms with Crippen molar-refractivity contribution in [3.05, 3.63) is 35.9 Å². The van der Waals surface area contributed by atoms with Gasteiger partial charge in [-0.1, -0.05) is 71.4 Å². The van der Waals surface area contributed by atoms with Crippen molar-refractivity contribution < 1.29 is 68.5 Å². The van der Waals surface area contributed by atoms with E-state index in [1.807, 2.05) is 51.1 Å². The highest BCUT2D eigenvalue weighted by atomic mass is 16.8. The zero-order valence-electron chi connectivity index (χ0n) is 28.9. The van der Waals surface area contributed by atoms with Crippen LogP contribution in [0.5, 0.6) is 0 Å². The Kier molecular flexibility index (Phi) is 13.0. The van der Waals surface area contributed by atoms with E-state index in [0.717, 1.165) is 18.4 Å². The third-order valence-corrected chi connectivity index (χ3v) is 9.98. The van der Waals surface area contributed by atoms with E-state index in [1.54, 1.807) is 6.92 Å². The smallest absolute Gasteiger partial charge is 0.344 e. The van der Waals surface area contributed by atoms with E-state index in [2.05, 4.69) is 6.92 Å². The van der Waals surface area contributed by atoms with Gasteiger partial charge in [0.2, 0.25) is 23.1 Å². The second-order valence-corrected chi connectivity index (χ2v) is 13.9. The van der Waals surface area contributed by atoms with Crippen LogP contribution in [0.1, 0.15) is 85.6 Å². The third kappa shape index (κ3) is 8.08. The molecule has 1 unspecified atom stereocenters. The first-order valence-corrected chi connectivity index (χ1v) is 16.7. The minimum atomic E-state index is -3.85. The average molecular weight is 695 g/mol. The molecule has 3 rings (SSSR count). The van der Waals surface area contributed by atoms with Crippen LogP contribution in [-0.4, -0.2) is 96.8 Å². The van der Waals surface area contributed by atoms with E-state index >= 15 is 0 Å². The van der Waals surface area contributed by atoms with Crippen molar-refractivity contribution in [1.29, 1.82) is 0 Å². The molecule has 2 saturated heterocycles. The Morgan fingerprint density at radius 1 is 0.918 bits per heavy atom. The number of esters is 2. The van der Waals surface area contributed by atoms with Crippen LogP contribution in [0.15, 0.2) is 30.3 Å². The summed E-state index contributed by atoms with van der Waals surface area (Å²) in [7, 11) is 0. The van der Waals surface area contributed by atoms with E-state index in [9.17, 15) is 49.5 Å². The molecular formula is C35H50O14. The van der Waals surface area contributed by atoms with Crippen LogP contribution in [0, 0.1) is 23.7 Å². The molecule has 0 radical (unpaired) electrons. The van der Waals surface area contributed by atoms with Crippen molar-refractivity contribution in [2.24, 2.45) is 23.7 Å². The summed E-state index contributed by atoms with van der Waals surface area (Å²) in [5.74, 6) is -11.0. The van der Waals surface area contributed by atoms with Crippen molar-refractivity contribution in [3.8, 4) is 0 Å². The molecule has 1 aromatic carbocycles. The molecule has 0 amide bonds. The number of fused-ring (bicyclic) bond motifs is 2. The van der Waals surface area contributed by atoms with Crippen LogP contribution >= 0.6 is 0 Å². The topological polar surface area (TPSA) is 223 Å². The fraction of sp³-hybridized carbons (Fsp3) is 0.686. The molecule has 0 aromatic heterocycles. The van der Waals surface area contributed by atoms with Gasteiger partial charge < -0.3 is 44.5 Å². The monoisotopic (exact) mass is 694 g/mol. The van der Waals surface area contributed by atoms with Gasteiger partial charge in [0.25, 0.3) is 0 Å². The number of rotatable bonds is 18. The number of aliphatic hydroxyl groups is 2. The van der Waals surface area contributed by atoms with E-state index in [4.69, 9.17) is 18.9 Å². The number of carbonyl (C=O) groups excluding carboxylic acids is 2. The second kappa shape index (κ2) is 16.0. The maximum atomic E-state index is 13.1. The SMILES string of the molecule is CC[C@H](C)C[C@H](C)CCC(=O)O[C@@H]1[C@@H](O)[C@@]2(CCC(C)[C@H](OC(C)=O)[C@@H](C)Cc3ccccc3)O[C@H](C(=O)O)[C@@](O)(C(=O)O)[C@]1(C(=O)O)O2. The van der Waals surface area contributed by atoms with E-state index < -0.39 is 83.6 Å². The number of hydrogen-bond donors (Lipinski definition) is 5. The second-order valence-electron chi connectivity index (χ2n) is 13.9. The van der Waals surface area contributed by atoms with Crippen LogP contribution in [0.25, 0.3) is 0 Å². The third-order valence-electron chi connectivity index (χ3n) is 9.98. The van der Waals surface area contributed by atoms with Crippen molar-refractivity contribution in [2.45, 2.75) is 128 Å². The number of hydrogen-bond acceptors (Lipinski definition) is 11. The number of benzene rings is 1. The highest BCUT2D eigenvalue weighted by Crippen LogP contribution is 2.56. The minimum absolute atomic E-state index is 0.0323. The van der Waals surface area contributed by atoms with Crippen LogP contribution in [0.4, 0.5) is 0 Å². The van der Waals surface area contributed by atoms with E-state index in [-0.39, 0.29) is 24.7 Å². The lowest BCUT2D eigenvalue weighted by Gasteiger charge is -2.48. The van der Waals surface area contributed by atoms with Gasteiger partial charge in [-0.15, -0.1) is 0 Å². The summed E-state index contributed by atoms with van der Waals surface area (Å²) in [6, 6.07) is 9.43. The molecule has 2 heterocycles. The summed E-state index contributed by atoms with van der Waals surface area (Å²) in [4.78, 5) is 63.2. The lowest BCUT2D eigenvalue weighted by Crippen LogP contribution is -2.78. The number of carbonyl (C=O) groups is 5. The Balaban J connectivity index is 1.98. The molecule has 274 valence electrons. The van der Waals surface area contributed by atoms with Gasteiger partial charge in [-0.3, -0.25) is 9.59 Å². The maximum Gasteiger partial charge on any atom is 0.344 e. The van der Waals surface area contributed by atoms with Gasteiger partial charge in [0.1, 0.15) is 12.2 Å². The van der Waals surface area contributed by atoms with Gasteiger partial charge in [-0.05, 0) is 54.9 Å². The molecule has 2 aliphatic heterocycles. The largest absolute Gasteiger partial charge is 0.479 e. The Morgan fingerprint density at radius 2 is 1.55 bits per heavy atom. The summed E-state index contributed by atoms with van der Waals surface area (Å²) in [5.41, 5.74) is -6.36. The van der Waals surface area contributed by atoms with Gasteiger partial charge in [0.05, 0.1) is 0 Å².